The van der Waals surface area contributed by atoms with Crippen LogP contribution in [0, 0.1) is 41.4 Å². The monoisotopic (exact) mass is 430 g/mol. The number of carbonyl (C=O) groups is 1. The van der Waals surface area contributed by atoms with E-state index >= 15 is 0 Å². The molecule has 1 amide bonds. The predicted octanol–water partition coefficient (Wildman–Crippen LogP) is 2.91. The van der Waals surface area contributed by atoms with E-state index in [0.29, 0.717) is 23.8 Å². The Morgan fingerprint density at radius 1 is 0.742 bits per heavy atom. The molecule has 5 heteroatoms. The smallest absolute Gasteiger partial charge is 0.223 e. The molecule has 0 aromatic carbocycles. The van der Waals surface area contributed by atoms with Crippen molar-refractivity contribution < 1.29 is 4.79 Å². The highest BCUT2D eigenvalue weighted by molar-refractivity contribution is 5.81. The van der Waals surface area contributed by atoms with Crippen LogP contribution in [0.3, 0.4) is 0 Å². The van der Waals surface area contributed by atoms with Gasteiger partial charge in [-0.05, 0) is 145 Å². The summed E-state index contributed by atoms with van der Waals surface area (Å²) in [6.45, 7) is 7.17. The van der Waals surface area contributed by atoms with E-state index in [0.717, 1.165) is 36.0 Å². The first-order valence-electron chi connectivity index (χ1n) is 13.7. The number of nitrogens with one attached hydrogen (secondary N) is 4. The van der Waals surface area contributed by atoms with Crippen molar-refractivity contribution in [3.63, 3.8) is 0 Å². The standard InChI is InChI=1S/C26H46N4O/c31-26(30-23-8-7-22-17-28-11-9-21(22)12-23)25-13-24(25)20-5-3-18(4-6-20)14-29-16-19-2-1-10-27-15-19/h18-25,27-29H,1-17H2,(H,30,31). The highest BCUT2D eigenvalue weighted by Crippen LogP contribution is 2.50. The lowest BCUT2D eigenvalue weighted by molar-refractivity contribution is -0.124. The van der Waals surface area contributed by atoms with E-state index in [1.165, 1.54) is 103 Å². The van der Waals surface area contributed by atoms with Gasteiger partial charge in [-0.25, -0.2) is 0 Å². The van der Waals surface area contributed by atoms with Crippen LogP contribution in [0.15, 0.2) is 0 Å². The largest absolute Gasteiger partial charge is 0.353 e. The van der Waals surface area contributed by atoms with Gasteiger partial charge in [0.25, 0.3) is 0 Å². The average molecular weight is 431 g/mol. The summed E-state index contributed by atoms with van der Waals surface area (Å²) in [5.74, 6) is 5.64. The molecular formula is C26H46N4O. The Morgan fingerprint density at radius 3 is 2.39 bits per heavy atom. The Morgan fingerprint density at radius 2 is 1.55 bits per heavy atom. The molecule has 2 aliphatic heterocycles. The molecule has 0 spiro atoms. The number of hydrogen-bond donors (Lipinski definition) is 4. The first-order chi connectivity index (χ1) is 15.3. The summed E-state index contributed by atoms with van der Waals surface area (Å²) < 4.78 is 0. The van der Waals surface area contributed by atoms with Gasteiger partial charge in [-0.15, -0.1) is 0 Å². The van der Waals surface area contributed by atoms with Crippen LogP contribution in [0.25, 0.3) is 0 Å². The summed E-state index contributed by atoms with van der Waals surface area (Å²) in [6, 6.07) is 0.453. The van der Waals surface area contributed by atoms with Gasteiger partial charge in [0.1, 0.15) is 0 Å². The van der Waals surface area contributed by atoms with Crippen LogP contribution in [0.4, 0.5) is 0 Å². The molecule has 3 aliphatic carbocycles. The van der Waals surface area contributed by atoms with Crippen molar-refractivity contribution in [3.05, 3.63) is 0 Å². The number of fused-ring (bicyclic) bond motifs is 1. The van der Waals surface area contributed by atoms with E-state index < -0.39 is 0 Å². The van der Waals surface area contributed by atoms with Crippen molar-refractivity contribution in [3.8, 4) is 0 Å². The van der Waals surface area contributed by atoms with Gasteiger partial charge in [0, 0.05) is 12.0 Å². The molecule has 0 bridgehead atoms. The highest BCUT2D eigenvalue weighted by atomic mass is 16.2. The second-order valence-corrected chi connectivity index (χ2v) is 11.7. The Hall–Kier alpha value is -0.650. The third-order valence-electron chi connectivity index (χ3n) is 9.52. The second-order valence-electron chi connectivity index (χ2n) is 11.7. The molecule has 0 aromatic heterocycles. The van der Waals surface area contributed by atoms with Crippen LogP contribution >= 0.6 is 0 Å². The van der Waals surface area contributed by atoms with Crippen LogP contribution < -0.4 is 21.3 Å². The zero-order valence-electron chi connectivity index (χ0n) is 19.5. The van der Waals surface area contributed by atoms with Crippen molar-refractivity contribution in [2.45, 2.75) is 76.7 Å². The average Bonchev–Trinajstić information content (AvgIpc) is 3.61. The molecule has 6 unspecified atom stereocenters. The maximum atomic E-state index is 12.9. The zero-order chi connectivity index (χ0) is 21.0. The lowest BCUT2D eigenvalue weighted by atomic mass is 9.73. The second kappa shape index (κ2) is 10.5. The number of carbonyl (C=O) groups excluding carboxylic acids is 1. The topological polar surface area (TPSA) is 65.2 Å². The minimum absolute atomic E-state index is 0.337. The van der Waals surface area contributed by atoms with Gasteiger partial charge in [-0.2, -0.15) is 0 Å². The minimum atomic E-state index is 0.337. The third-order valence-corrected chi connectivity index (χ3v) is 9.52. The van der Waals surface area contributed by atoms with Crippen LogP contribution in [0.1, 0.15) is 70.6 Å². The molecule has 176 valence electrons. The molecule has 0 aromatic rings. The summed E-state index contributed by atoms with van der Waals surface area (Å²) in [6.07, 6.45) is 14.4. The quantitative estimate of drug-likeness (QED) is 0.501. The molecule has 31 heavy (non-hydrogen) atoms. The van der Waals surface area contributed by atoms with Gasteiger partial charge >= 0.3 is 0 Å². The lowest BCUT2D eigenvalue weighted by Crippen LogP contribution is -2.46. The zero-order valence-corrected chi connectivity index (χ0v) is 19.5. The van der Waals surface area contributed by atoms with Gasteiger partial charge in [0.15, 0.2) is 0 Å². The van der Waals surface area contributed by atoms with Crippen molar-refractivity contribution in [1.82, 2.24) is 21.3 Å². The van der Waals surface area contributed by atoms with Crippen LogP contribution in [-0.4, -0.2) is 51.2 Å². The Balaban J connectivity index is 0.971. The van der Waals surface area contributed by atoms with Crippen molar-refractivity contribution >= 4 is 5.91 Å². The van der Waals surface area contributed by atoms with Gasteiger partial charge in [-0.3, -0.25) is 4.79 Å². The summed E-state index contributed by atoms with van der Waals surface area (Å²) in [5, 5.41) is 14.3. The Bertz CT molecular complexity index is 584. The van der Waals surface area contributed by atoms with E-state index in [2.05, 4.69) is 21.3 Å². The van der Waals surface area contributed by atoms with Crippen molar-refractivity contribution in [2.75, 3.05) is 39.3 Å². The Kier molecular flexibility index (Phi) is 7.52. The first kappa shape index (κ1) is 22.2. The molecule has 5 nitrogen and oxygen atoms in total. The molecule has 4 N–H and O–H groups in total. The van der Waals surface area contributed by atoms with E-state index in [9.17, 15) is 4.79 Å². The molecule has 6 atom stereocenters. The van der Waals surface area contributed by atoms with Crippen LogP contribution in [0.5, 0.6) is 0 Å². The molecule has 0 radical (unpaired) electrons. The van der Waals surface area contributed by atoms with E-state index in [-0.39, 0.29) is 0 Å². The summed E-state index contributed by atoms with van der Waals surface area (Å²) in [7, 11) is 0. The van der Waals surface area contributed by atoms with Gasteiger partial charge in [-0.1, -0.05) is 0 Å². The maximum Gasteiger partial charge on any atom is 0.223 e. The fraction of sp³-hybridized carbons (Fsp3) is 0.962. The fourth-order valence-corrected chi connectivity index (χ4v) is 7.41. The van der Waals surface area contributed by atoms with Gasteiger partial charge in [0.2, 0.25) is 5.91 Å². The number of amides is 1. The van der Waals surface area contributed by atoms with Crippen molar-refractivity contribution in [2.24, 2.45) is 41.4 Å². The SMILES string of the molecule is O=C(NC1CCC2CNCCC2C1)C1CC1C1CCC(CNCC2CCCNC2)CC1. The fourth-order valence-electron chi connectivity index (χ4n) is 7.41. The third kappa shape index (κ3) is 5.83. The highest BCUT2D eigenvalue weighted by Gasteiger charge is 2.48. The normalized spacial score (nSPS) is 43.1. The van der Waals surface area contributed by atoms with Crippen molar-refractivity contribution in [1.29, 1.82) is 0 Å². The van der Waals surface area contributed by atoms with Crippen LogP contribution in [0.2, 0.25) is 0 Å². The summed E-state index contributed by atoms with van der Waals surface area (Å²) in [5.41, 5.74) is 0. The van der Waals surface area contributed by atoms with Gasteiger partial charge < -0.3 is 21.3 Å². The molecule has 5 rings (SSSR count). The molecule has 5 aliphatic rings. The molecular weight excluding hydrogens is 384 g/mol. The molecule has 5 fully saturated rings. The molecule has 3 saturated carbocycles. The van der Waals surface area contributed by atoms with Crippen LogP contribution in [-0.2, 0) is 4.79 Å². The predicted molar refractivity (Wildman–Crippen MR) is 126 cm³/mol. The lowest BCUT2D eigenvalue weighted by Gasteiger charge is -2.39. The van der Waals surface area contributed by atoms with E-state index in [1.807, 2.05) is 0 Å². The number of rotatable bonds is 7. The maximum absolute atomic E-state index is 12.9. The van der Waals surface area contributed by atoms with E-state index in [4.69, 9.17) is 0 Å². The Labute approximate surface area is 189 Å². The first-order valence-corrected chi connectivity index (χ1v) is 13.7. The summed E-state index contributed by atoms with van der Waals surface area (Å²) in [4.78, 5) is 12.9. The minimum Gasteiger partial charge on any atom is -0.353 e. The number of hydrogen-bond acceptors (Lipinski definition) is 4. The molecule has 2 heterocycles. The molecule has 2 saturated heterocycles. The van der Waals surface area contributed by atoms with E-state index in [1.54, 1.807) is 0 Å². The summed E-state index contributed by atoms with van der Waals surface area (Å²) >= 11 is 0. The van der Waals surface area contributed by atoms with Gasteiger partial charge in [0.05, 0.1) is 0 Å². The number of piperidine rings is 2.